The number of anilines is 1. The van der Waals surface area contributed by atoms with Crippen molar-refractivity contribution in [3.8, 4) is 5.75 Å². The van der Waals surface area contributed by atoms with E-state index in [2.05, 4.69) is 4.72 Å². The highest BCUT2D eigenvalue weighted by Crippen LogP contribution is 2.28. The van der Waals surface area contributed by atoms with Crippen molar-refractivity contribution < 1.29 is 13.2 Å². The van der Waals surface area contributed by atoms with Gasteiger partial charge in [-0.1, -0.05) is 18.3 Å². The molecule has 1 aromatic rings. The molecule has 0 aromatic heterocycles. The third-order valence-electron chi connectivity index (χ3n) is 1.80. The second kappa shape index (κ2) is 4.67. The largest absolute Gasteiger partial charge is 0.495 e. The number of nitrogens with two attached hydrogens (primary N) is 1. The Morgan fingerprint density at radius 1 is 1.50 bits per heavy atom. The first kappa shape index (κ1) is 12.7. The molecule has 1 aromatic carbocycles. The van der Waals surface area contributed by atoms with Crippen LogP contribution in [0.15, 0.2) is 18.2 Å². The van der Waals surface area contributed by atoms with Crippen LogP contribution < -0.4 is 15.2 Å². The molecule has 0 unspecified atom stereocenters. The van der Waals surface area contributed by atoms with E-state index < -0.39 is 10.0 Å². The monoisotopic (exact) mass is 260 g/mol. The number of hydrogen-bond donors (Lipinski definition) is 2. The molecule has 0 saturated carbocycles. The normalized spacial score (nSPS) is 10.9. The lowest BCUT2D eigenvalue weighted by Crippen LogP contribution is -2.17. The topological polar surface area (TPSA) is 81.4 Å². The predicted molar refractivity (Wildman–Crippen MR) is 67.3 cm³/mol. The second-order valence-corrected chi connectivity index (χ2v) is 5.31. The molecule has 1 rings (SSSR count). The number of sulfonamides is 1. The number of hydrogen-bond acceptors (Lipinski definition) is 4. The van der Waals surface area contributed by atoms with E-state index >= 15 is 0 Å². The van der Waals surface area contributed by atoms with E-state index in [0.717, 1.165) is 6.26 Å². The molecule has 16 heavy (non-hydrogen) atoms. The molecular formula is C9H12N2O3S2. The van der Waals surface area contributed by atoms with Crippen LogP contribution in [0.1, 0.15) is 5.56 Å². The average molecular weight is 260 g/mol. The highest BCUT2D eigenvalue weighted by molar-refractivity contribution is 7.92. The number of thiocarbonyl (C=S) groups is 1. The number of ether oxygens (including phenoxy) is 1. The van der Waals surface area contributed by atoms with E-state index in [4.69, 9.17) is 22.7 Å². The molecule has 0 aliphatic heterocycles. The summed E-state index contributed by atoms with van der Waals surface area (Å²) in [4.78, 5) is 0.102. The lowest BCUT2D eigenvalue weighted by molar-refractivity contribution is 0.417. The number of rotatable bonds is 4. The van der Waals surface area contributed by atoms with Crippen molar-refractivity contribution in [2.24, 2.45) is 5.73 Å². The molecule has 7 heteroatoms. The minimum Gasteiger partial charge on any atom is -0.495 e. The van der Waals surface area contributed by atoms with Gasteiger partial charge >= 0.3 is 0 Å². The van der Waals surface area contributed by atoms with Gasteiger partial charge < -0.3 is 10.5 Å². The van der Waals surface area contributed by atoms with Crippen molar-refractivity contribution in [2.75, 3.05) is 18.1 Å². The van der Waals surface area contributed by atoms with Crippen molar-refractivity contribution in [1.29, 1.82) is 0 Å². The zero-order chi connectivity index (χ0) is 12.3. The van der Waals surface area contributed by atoms with Gasteiger partial charge in [0.2, 0.25) is 10.0 Å². The quantitative estimate of drug-likeness (QED) is 0.779. The van der Waals surface area contributed by atoms with Gasteiger partial charge in [0, 0.05) is 5.56 Å². The predicted octanol–water partition coefficient (Wildman–Crippen LogP) is 0.701. The van der Waals surface area contributed by atoms with Crippen molar-refractivity contribution in [1.82, 2.24) is 0 Å². The van der Waals surface area contributed by atoms with Crippen LogP contribution in [-0.2, 0) is 10.0 Å². The maximum absolute atomic E-state index is 11.2. The zero-order valence-corrected chi connectivity index (χ0v) is 10.5. The van der Waals surface area contributed by atoms with Crippen LogP contribution >= 0.6 is 12.2 Å². The molecule has 0 aliphatic rings. The van der Waals surface area contributed by atoms with E-state index in [0.29, 0.717) is 11.3 Å². The minimum atomic E-state index is -3.41. The van der Waals surface area contributed by atoms with Gasteiger partial charge in [0.15, 0.2) is 0 Å². The molecule has 0 aliphatic carbocycles. The number of benzene rings is 1. The molecule has 0 atom stereocenters. The molecule has 0 heterocycles. The minimum absolute atomic E-state index is 0.102. The molecule has 3 N–H and O–H groups in total. The van der Waals surface area contributed by atoms with Gasteiger partial charge in [-0.2, -0.15) is 0 Å². The first-order valence-electron chi connectivity index (χ1n) is 4.29. The Balaban J connectivity index is 3.36. The maximum atomic E-state index is 11.2. The summed E-state index contributed by atoms with van der Waals surface area (Å²) < 4.78 is 29.8. The Morgan fingerprint density at radius 2 is 2.12 bits per heavy atom. The summed E-state index contributed by atoms with van der Waals surface area (Å²) in [6.07, 6.45) is 1.04. The molecule has 0 amide bonds. The molecule has 5 nitrogen and oxygen atoms in total. The van der Waals surface area contributed by atoms with Crippen LogP contribution in [0.4, 0.5) is 5.69 Å². The Bertz CT molecular complexity index is 511. The molecule has 88 valence electrons. The fraction of sp³-hybridized carbons (Fsp3) is 0.222. The van der Waals surface area contributed by atoms with Crippen LogP contribution in [0, 0.1) is 0 Å². The van der Waals surface area contributed by atoms with Crippen molar-refractivity contribution in [3.05, 3.63) is 23.8 Å². The first-order valence-corrected chi connectivity index (χ1v) is 6.59. The van der Waals surface area contributed by atoms with Gasteiger partial charge in [0.05, 0.1) is 13.4 Å². The lowest BCUT2D eigenvalue weighted by atomic mass is 10.1. The van der Waals surface area contributed by atoms with Crippen molar-refractivity contribution in [3.63, 3.8) is 0 Å². The van der Waals surface area contributed by atoms with Crippen molar-refractivity contribution >= 4 is 32.9 Å². The van der Waals surface area contributed by atoms with E-state index in [1.54, 1.807) is 18.2 Å². The Labute approximate surface area is 99.6 Å². The summed E-state index contributed by atoms with van der Waals surface area (Å²) in [5.74, 6) is 0.371. The average Bonchev–Trinajstić information content (AvgIpc) is 2.15. The highest BCUT2D eigenvalue weighted by Gasteiger charge is 2.14. The van der Waals surface area contributed by atoms with Crippen LogP contribution in [0.5, 0.6) is 5.75 Å². The summed E-state index contributed by atoms with van der Waals surface area (Å²) in [6, 6.07) is 4.93. The standard InChI is InChI=1S/C9H12N2O3S2/c1-14-7-5-3-4-6(9(10)15)8(7)11-16(2,12)13/h3-5,11H,1-2H3,(H2,10,15). The van der Waals surface area contributed by atoms with Crippen molar-refractivity contribution in [2.45, 2.75) is 0 Å². The van der Waals surface area contributed by atoms with E-state index in [-0.39, 0.29) is 10.7 Å². The molecule has 0 spiro atoms. The highest BCUT2D eigenvalue weighted by atomic mass is 32.2. The van der Waals surface area contributed by atoms with Gasteiger partial charge in [-0.25, -0.2) is 8.42 Å². The van der Waals surface area contributed by atoms with E-state index in [1.165, 1.54) is 7.11 Å². The fourth-order valence-electron chi connectivity index (χ4n) is 1.20. The van der Waals surface area contributed by atoms with Crippen LogP contribution in [0.3, 0.4) is 0 Å². The Hall–Kier alpha value is -1.34. The summed E-state index contributed by atoms with van der Waals surface area (Å²) in [6.45, 7) is 0. The number of para-hydroxylation sites is 1. The molecular weight excluding hydrogens is 248 g/mol. The number of methoxy groups -OCH3 is 1. The summed E-state index contributed by atoms with van der Waals surface area (Å²) in [7, 11) is -1.97. The van der Waals surface area contributed by atoms with Gasteiger partial charge in [-0.15, -0.1) is 0 Å². The molecule has 0 radical (unpaired) electrons. The summed E-state index contributed by atoms with van der Waals surface area (Å²) in [5, 5.41) is 0. The third-order valence-corrected chi connectivity index (χ3v) is 2.59. The van der Waals surface area contributed by atoms with Gasteiger partial charge in [0.25, 0.3) is 0 Å². The third kappa shape index (κ3) is 3.07. The summed E-state index contributed by atoms with van der Waals surface area (Å²) >= 11 is 4.83. The second-order valence-electron chi connectivity index (χ2n) is 3.12. The first-order chi connectivity index (χ1) is 7.35. The van der Waals surface area contributed by atoms with E-state index in [1.807, 2.05) is 0 Å². The van der Waals surface area contributed by atoms with Crippen LogP contribution in [-0.4, -0.2) is 26.8 Å². The molecule has 0 bridgehead atoms. The zero-order valence-electron chi connectivity index (χ0n) is 8.85. The molecule has 0 fully saturated rings. The fourth-order valence-corrected chi connectivity index (χ4v) is 1.95. The van der Waals surface area contributed by atoms with E-state index in [9.17, 15) is 8.42 Å². The SMILES string of the molecule is COc1cccc(C(N)=S)c1NS(C)(=O)=O. The molecule has 0 saturated heterocycles. The van der Waals surface area contributed by atoms with Gasteiger partial charge in [0.1, 0.15) is 16.4 Å². The van der Waals surface area contributed by atoms with Gasteiger partial charge in [-0.05, 0) is 12.1 Å². The van der Waals surface area contributed by atoms with Crippen LogP contribution in [0.2, 0.25) is 0 Å². The Morgan fingerprint density at radius 3 is 2.56 bits per heavy atom. The van der Waals surface area contributed by atoms with Crippen LogP contribution in [0.25, 0.3) is 0 Å². The smallest absolute Gasteiger partial charge is 0.229 e. The summed E-state index contributed by atoms with van der Waals surface area (Å²) in [5.41, 5.74) is 6.19. The van der Waals surface area contributed by atoms with Gasteiger partial charge in [-0.3, -0.25) is 4.72 Å². The maximum Gasteiger partial charge on any atom is 0.229 e. The Kier molecular flexibility index (Phi) is 3.71. The lowest BCUT2D eigenvalue weighted by Gasteiger charge is -2.13. The number of nitrogens with one attached hydrogen (secondary N) is 1.